The van der Waals surface area contributed by atoms with Gasteiger partial charge in [-0.05, 0) is 51.7 Å². The van der Waals surface area contributed by atoms with Crippen LogP contribution in [-0.2, 0) is 0 Å². The fraction of sp³-hybridized carbons (Fsp3) is 0. The Morgan fingerprint density at radius 1 is 0.364 bits per heavy atom. The third-order valence-corrected chi connectivity index (χ3v) is 8.71. The van der Waals surface area contributed by atoms with Crippen molar-refractivity contribution in [2.75, 3.05) is 0 Å². The number of hydrogen-bond donors (Lipinski definition) is 0. The predicted octanol–water partition coefficient (Wildman–Crippen LogP) is 10.6. The van der Waals surface area contributed by atoms with E-state index in [9.17, 15) is 0 Å². The third kappa shape index (κ3) is 3.87. The van der Waals surface area contributed by atoms with Gasteiger partial charge in [0, 0.05) is 38.9 Å². The summed E-state index contributed by atoms with van der Waals surface area (Å²) in [5.74, 6) is 0. The van der Waals surface area contributed by atoms with E-state index in [4.69, 9.17) is 15.0 Å². The number of para-hydroxylation sites is 2. The van der Waals surface area contributed by atoms with Crippen molar-refractivity contribution in [2.45, 2.75) is 0 Å². The largest absolute Gasteiger partial charge is 0.254 e. The lowest BCUT2D eigenvalue weighted by Gasteiger charge is -2.16. The fourth-order valence-corrected chi connectivity index (χ4v) is 6.60. The Kier molecular flexibility index (Phi) is 5.50. The molecule has 9 rings (SSSR count). The second-order valence-electron chi connectivity index (χ2n) is 11.2. The molecule has 0 bridgehead atoms. The van der Waals surface area contributed by atoms with E-state index in [1.807, 2.05) is 24.4 Å². The molecule has 0 saturated carbocycles. The molecule has 6 aromatic carbocycles. The summed E-state index contributed by atoms with van der Waals surface area (Å²) in [6, 6.07) is 51.4. The Hall–Kier alpha value is -5.93. The van der Waals surface area contributed by atoms with Crippen molar-refractivity contribution in [1.82, 2.24) is 15.0 Å². The van der Waals surface area contributed by atoms with Gasteiger partial charge in [-0.15, -0.1) is 0 Å². The van der Waals surface area contributed by atoms with Crippen LogP contribution in [0.1, 0.15) is 0 Å². The number of fused-ring (bicyclic) bond motifs is 6. The number of hydrogen-bond acceptors (Lipinski definition) is 3. The number of benzene rings is 6. The standard InChI is InChI=1S/C41H25N3/c1-5-13-36-27(8-1)20-24-37(43-36)28-17-15-26(16-18-28)30-22-23-33(32-11-3-2-10-31(30)32)39-34-12-4-6-14-38(34)44-41-35(39)21-19-29-9-7-25-42-40(29)41/h1-25H. The molecule has 0 unspecified atom stereocenters. The summed E-state index contributed by atoms with van der Waals surface area (Å²) >= 11 is 0. The zero-order valence-electron chi connectivity index (χ0n) is 23.8. The smallest absolute Gasteiger partial charge is 0.0978 e. The molecular formula is C41H25N3. The molecule has 0 fully saturated rings. The molecule has 3 heteroatoms. The second-order valence-corrected chi connectivity index (χ2v) is 11.2. The summed E-state index contributed by atoms with van der Waals surface area (Å²) in [4.78, 5) is 14.8. The minimum Gasteiger partial charge on any atom is -0.254 e. The predicted molar refractivity (Wildman–Crippen MR) is 184 cm³/mol. The van der Waals surface area contributed by atoms with Gasteiger partial charge >= 0.3 is 0 Å². The van der Waals surface area contributed by atoms with Crippen LogP contribution in [0.15, 0.2) is 152 Å². The average molecular weight is 560 g/mol. The minimum absolute atomic E-state index is 0.930. The molecule has 0 radical (unpaired) electrons. The van der Waals surface area contributed by atoms with Crippen LogP contribution in [0.5, 0.6) is 0 Å². The van der Waals surface area contributed by atoms with Crippen molar-refractivity contribution < 1.29 is 0 Å². The van der Waals surface area contributed by atoms with Gasteiger partial charge in [0.15, 0.2) is 0 Å². The first-order valence-corrected chi connectivity index (χ1v) is 14.9. The number of aromatic nitrogens is 3. The fourth-order valence-electron chi connectivity index (χ4n) is 6.60. The van der Waals surface area contributed by atoms with Crippen molar-refractivity contribution in [3.05, 3.63) is 152 Å². The van der Waals surface area contributed by atoms with E-state index >= 15 is 0 Å². The molecular weight excluding hydrogens is 534 g/mol. The Balaban J connectivity index is 1.23. The van der Waals surface area contributed by atoms with E-state index in [0.29, 0.717) is 0 Å². The topological polar surface area (TPSA) is 38.7 Å². The van der Waals surface area contributed by atoms with Crippen LogP contribution < -0.4 is 0 Å². The van der Waals surface area contributed by atoms with E-state index in [1.54, 1.807) is 0 Å². The van der Waals surface area contributed by atoms with Crippen LogP contribution in [-0.4, -0.2) is 15.0 Å². The molecule has 0 N–H and O–H groups in total. The zero-order chi connectivity index (χ0) is 29.0. The van der Waals surface area contributed by atoms with Crippen molar-refractivity contribution >= 4 is 54.4 Å². The van der Waals surface area contributed by atoms with E-state index in [-0.39, 0.29) is 0 Å². The summed E-state index contributed by atoms with van der Waals surface area (Å²) in [5, 5.41) is 6.92. The lowest BCUT2D eigenvalue weighted by Crippen LogP contribution is -1.93. The van der Waals surface area contributed by atoms with E-state index in [1.165, 1.54) is 33.0 Å². The number of nitrogens with zero attached hydrogens (tertiary/aromatic N) is 3. The molecule has 3 heterocycles. The maximum absolute atomic E-state index is 5.12. The molecule has 3 nitrogen and oxygen atoms in total. The van der Waals surface area contributed by atoms with Crippen molar-refractivity contribution in [2.24, 2.45) is 0 Å². The van der Waals surface area contributed by atoms with Crippen LogP contribution >= 0.6 is 0 Å². The van der Waals surface area contributed by atoms with E-state index in [2.05, 4.69) is 127 Å². The van der Waals surface area contributed by atoms with Crippen LogP contribution in [0.25, 0.3) is 87.9 Å². The monoisotopic (exact) mass is 559 g/mol. The first-order valence-electron chi connectivity index (χ1n) is 14.9. The molecule has 0 aliphatic carbocycles. The van der Waals surface area contributed by atoms with Gasteiger partial charge in [0.25, 0.3) is 0 Å². The van der Waals surface area contributed by atoms with Gasteiger partial charge in [-0.25, -0.2) is 9.97 Å². The van der Waals surface area contributed by atoms with E-state index < -0.39 is 0 Å². The highest BCUT2D eigenvalue weighted by atomic mass is 14.7. The van der Waals surface area contributed by atoms with Crippen LogP contribution in [0.3, 0.4) is 0 Å². The van der Waals surface area contributed by atoms with Gasteiger partial charge in [-0.1, -0.05) is 121 Å². The Morgan fingerprint density at radius 3 is 1.89 bits per heavy atom. The van der Waals surface area contributed by atoms with E-state index in [0.717, 1.165) is 54.9 Å². The Morgan fingerprint density at radius 2 is 1.02 bits per heavy atom. The molecule has 0 spiro atoms. The van der Waals surface area contributed by atoms with Gasteiger partial charge in [0.1, 0.15) is 0 Å². The van der Waals surface area contributed by atoms with Gasteiger partial charge in [0.2, 0.25) is 0 Å². The van der Waals surface area contributed by atoms with Gasteiger partial charge in [0.05, 0.1) is 27.8 Å². The third-order valence-electron chi connectivity index (χ3n) is 8.71. The molecule has 204 valence electrons. The summed E-state index contributed by atoms with van der Waals surface area (Å²) < 4.78 is 0. The van der Waals surface area contributed by atoms with Crippen LogP contribution in [0.2, 0.25) is 0 Å². The summed E-state index contributed by atoms with van der Waals surface area (Å²) in [5.41, 5.74) is 10.7. The molecule has 0 saturated heterocycles. The highest BCUT2D eigenvalue weighted by Crippen LogP contribution is 2.42. The molecule has 0 aliphatic heterocycles. The maximum atomic E-state index is 5.12. The Bertz CT molecular complexity index is 2550. The quantitative estimate of drug-likeness (QED) is 0.160. The first-order chi connectivity index (χ1) is 21.8. The molecule has 44 heavy (non-hydrogen) atoms. The Labute approximate surface area is 254 Å². The molecule has 0 amide bonds. The summed E-state index contributed by atoms with van der Waals surface area (Å²) in [6.07, 6.45) is 1.85. The van der Waals surface area contributed by atoms with Crippen molar-refractivity contribution in [3.8, 4) is 33.5 Å². The van der Waals surface area contributed by atoms with Gasteiger partial charge < -0.3 is 0 Å². The van der Waals surface area contributed by atoms with Gasteiger partial charge in [-0.2, -0.15) is 0 Å². The summed E-state index contributed by atoms with van der Waals surface area (Å²) in [7, 11) is 0. The molecule has 0 aliphatic rings. The maximum Gasteiger partial charge on any atom is 0.0978 e. The van der Waals surface area contributed by atoms with Crippen molar-refractivity contribution in [1.29, 1.82) is 0 Å². The number of pyridine rings is 3. The highest BCUT2D eigenvalue weighted by molar-refractivity contribution is 6.20. The average Bonchev–Trinajstić information content (AvgIpc) is 3.10. The molecule has 0 atom stereocenters. The lowest BCUT2D eigenvalue weighted by molar-refractivity contribution is 1.40. The minimum atomic E-state index is 0.930. The van der Waals surface area contributed by atoms with Crippen LogP contribution in [0, 0.1) is 0 Å². The SMILES string of the molecule is c1ccc2nc(-c3ccc(-c4ccc(-c5c6ccccc6nc6c5ccc5cccnc56)c5ccccc45)cc3)ccc2c1. The first kappa shape index (κ1) is 24.6. The summed E-state index contributed by atoms with van der Waals surface area (Å²) in [6.45, 7) is 0. The van der Waals surface area contributed by atoms with Gasteiger partial charge in [-0.3, -0.25) is 4.98 Å². The lowest BCUT2D eigenvalue weighted by atomic mass is 9.88. The zero-order valence-corrected chi connectivity index (χ0v) is 23.8. The highest BCUT2D eigenvalue weighted by Gasteiger charge is 2.17. The van der Waals surface area contributed by atoms with Crippen LogP contribution in [0.4, 0.5) is 0 Å². The normalized spacial score (nSPS) is 11.6. The van der Waals surface area contributed by atoms with Crippen molar-refractivity contribution in [3.63, 3.8) is 0 Å². The second kappa shape index (κ2) is 9.82. The molecule has 9 aromatic rings. The number of rotatable bonds is 3. The molecule has 3 aromatic heterocycles.